The zero-order valence-electron chi connectivity index (χ0n) is 11.8. The van der Waals surface area contributed by atoms with Crippen LogP contribution in [0.15, 0.2) is 0 Å². The second-order valence-corrected chi connectivity index (χ2v) is 7.20. The van der Waals surface area contributed by atoms with Crippen LogP contribution >= 0.6 is 0 Å². The molecule has 0 aromatic rings. The highest BCUT2D eigenvalue weighted by Crippen LogP contribution is 2.17. The van der Waals surface area contributed by atoms with Gasteiger partial charge in [0.25, 0.3) is 0 Å². The molecule has 19 heavy (non-hydrogen) atoms. The van der Waals surface area contributed by atoms with Gasteiger partial charge in [-0.2, -0.15) is 4.31 Å². The Morgan fingerprint density at radius 2 is 2.00 bits per heavy atom. The summed E-state index contributed by atoms with van der Waals surface area (Å²) in [5.41, 5.74) is 0. The Hall–Kier alpha value is -0.660. The van der Waals surface area contributed by atoms with E-state index in [9.17, 15) is 13.2 Å². The number of carbonyl (C=O) groups excluding carboxylic acids is 1. The van der Waals surface area contributed by atoms with Crippen LogP contribution in [0.5, 0.6) is 0 Å². The lowest BCUT2D eigenvalue weighted by atomic mass is 9.96. The van der Waals surface area contributed by atoms with Gasteiger partial charge in [-0.1, -0.05) is 0 Å². The molecule has 0 saturated carbocycles. The first kappa shape index (κ1) is 16.4. The predicted molar refractivity (Wildman–Crippen MR) is 75.3 cm³/mol. The first-order valence-electron chi connectivity index (χ1n) is 6.87. The fraction of sp³-hybridized carbons (Fsp3) is 0.917. The van der Waals surface area contributed by atoms with Gasteiger partial charge in [-0.3, -0.25) is 4.79 Å². The smallest absolute Gasteiger partial charge is 0.235 e. The quantitative estimate of drug-likeness (QED) is 0.679. The van der Waals surface area contributed by atoms with E-state index in [1.54, 1.807) is 0 Å². The van der Waals surface area contributed by atoms with Crippen molar-refractivity contribution in [1.82, 2.24) is 14.9 Å². The Morgan fingerprint density at radius 3 is 2.58 bits per heavy atom. The molecule has 1 heterocycles. The Labute approximate surface area is 116 Å². The van der Waals surface area contributed by atoms with Crippen LogP contribution in [0.4, 0.5) is 0 Å². The molecule has 0 aliphatic carbocycles. The number of hydrogen-bond acceptors (Lipinski definition) is 4. The fourth-order valence-electron chi connectivity index (χ4n) is 2.20. The maximum Gasteiger partial charge on any atom is 0.235 e. The minimum absolute atomic E-state index is 0.0948. The number of nitrogens with zero attached hydrogens (tertiary/aromatic N) is 1. The molecule has 1 amide bonds. The Kier molecular flexibility index (Phi) is 6.74. The van der Waals surface area contributed by atoms with Crippen LogP contribution in [0.25, 0.3) is 0 Å². The molecule has 0 aromatic heterocycles. The van der Waals surface area contributed by atoms with Gasteiger partial charge >= 0.3 is 0 Å². The second-order valence-electron chi connectivity index (χ2n) is 5.01. The Bertz CT molecular complexity index is 378. The Morgan fingerprint density at radius 1 is 1.37 bits per heavy atom. The number of rotatable bonds is 7. The minimum atomic E-state index is -3.32. The normalized spacial score (nSPS) is 17.6. The van der Waals surface area contributed by atoms with Crippen molar-refractivity contribution < 1.29 is 13.2 Å². The topological polar surface area (TPSA) is 78.5 Å². The summed E-state index contributed by atoms with van der Waals surface area (Å²) in [7, 11) is -1.86. The van der Waals surface area contributed by atoms with Crippen LogP contribution in [0.2, 0.25) is 0 Å². The molecule has 0 bridgehead atoms. The van der Waals surface area contributed by atoms with Crippen LogP contribution < -0.4 is 10.6 Å². The summed E-state index contributed by atoms with van der Waals surface area (Å²) in [5, 5.41) is 5.86. The highest BCUT2D eigenvalue weighted by atomic mass is 32.2. The fourth-order valence-corrected chi connectivity index (χ4v) is 3.45. The van der Waals surface area contributed by atoms with Gasteiger partial charge in [0.1, 0.15) is 0 Å². The maximum absolute atomic E-state index is 12.0. The van der Waals surface area contributed by atoms with E-state index in [2.05, 4.69) is 10.6 Å². The lowest BCUT2D eigenvalue weighted by Crippen LogP contribution is -2.39. The number of piperidine rings is 1. The van der Waals surface area contributed by atoms with E-state index in [0.717, 1.165) is 30.2 Å². The standard InChI is InChI=1S/C12H25N3O3S/c1-3-14-12(16)10-15(2)19(17,18)9-6-11-4-7-13-8-5-11/h11,13H,3-10H2,1-2H3,(H,14,16). The van der Waals surface area contributed by atoms with Crippen LogP contribution in [0, 0.1) is 5.92 Å². The summed E-state index contributed by atoms with van der Waals surface area (Å²) < 4.78 is 25.2. The van der Waals surface area contributed by atoms with Gasteiger partial charge in [-0.05, 0) is 45.2 Å². The third-order valence-electron chi connectivity index (χ3n) is 3.46. The molecule has 6 nitrogen and oxygen atoms in total. The second kappa shape index (κ2) is 7.81. The van der Waals surface area contributed by atoms with Crippen LogP contribution in [-0.4, -0.2) is 57.6 Å². The van der Waals surface area contributed by atoms with Crippen molar-refractivity contribution in [2.75, 3.05) is 39.0 Å². The van der Waals surface area contributed by atoms with Gasteiger partial charge in [0, 0.05) is 13.6 Å². The van der Waals surface area contributed by atoms with Crippen molar-refractivity contribution >= 4 is 15.9 Å². The van der Waals surface area contributed by atoms with Gasteiger partial charge in [0.2, 0.25) is 15.9 Å². The zero-order chi connectivity index (χ0) is 14.3. The third kappa shape index (κ3) is 5.88. The number of hydrogen-bond donors (Lipinski definition) is 2. The SMILES string of the molecule is CCNC(=O)CN(C)S(=O)(=O)CCC1CCNCC1. The van der Waals surface area contributed by atoms with E-state index < -0.39 is 10.0 Å². The summed E-state index contributed by atoms with van der Waals surface area (Å²) in [6.07, 6.45) is 2.76. The summed E-state index contributed by atoms with van der Waals surface area (Å²) >= 11 is 0. The Balaban J connectivity index is 2.38. The van der Waals surface area contributed by atoms with E-state index >= 15 is 0 Å². The van der Waals surface area contributed by atoms with Gasteiger partial charge < -0.3 is 10.6 Å². The lowest BCUT2D eigenvalue weighted by molar-refractivity contribution is -0.121. The monoisotopic (exact) mass is 291 g/mol. The molecule has 1 saturated heterocycles. The highest BCUT2D eigenvalue weighted by molar-refractivity contribution is 7.89. The maximum atomic E-state index is 12.0. The van der Waals surface area contributed by atoms with Crippen molar-refractivity contribution in [3.63, 3.8) is 0 Å². The molecule has 1 rings (SSSR count). The van der Waals surface area contributed by atoms with Crippen molar-refractivity contribution in [3.05, 3.63) is 0 Å². The third-order valence-corrected chi connectivity index (χ3v) is 5.29. The molecule has 1 aliphatic rings. The van der Waals surface area contributed by atoms with Crippen LogP contribution in [0.3, 0.4) is 0 Å². The number of amides is 1. The molecule has 0 radical (unpaired) electrons. The highest BCUT2D eigenvalue weighted by Gasteiger charge is 2.22. The average Bonchev–Trinajstić information content (AvgIpc) is 2.38. The van der Waals surface area contributed by atoms with Crippen LogP contribution in [-0.2, 0) is 14.8 Å². The van der Waals surface area contributed by atoms with Crippen molar-refractivity contribution in [1.29, 1.82) is 0 Å². The number of carbonyl (C=O) groups is 1. The van der Waals surface area contributed by atoms with Crippen molar-refractivity contribution in [2.45, 2.75) is 26.2 Å². The summed E-state index contributed by atoms with van der Waals surface area (Å²) in [5.74, 6) is 0.359. The lowest BCUT2D eigenvalue weighted by Gasteiger charge is -2.23. The summed E-state index contributed by atoms with van der Waals surface area (Å²) in [6.45, 7) is 4.17. The number of likely N-dealkylation sites (N-methyl/N-ethyl adjacent to an activating group) is 2. The molecule has 0 unspecified atom stereocenters. The van der Waals surface area contributed by atoms with Gasteiger partial charge in [0.15, 0.2) is 0 Å². The molecule has 112 valence electrons. The van der Waals surface area contributed by atoms with Gasteiger partial charge in [0.05, 0.1) is 12.3 Å². The molecule has 0 atom stereocenters. The van der Waals surface area contributed by atoms with E-state index in [0.29, 0.717) is 18.9 Å². The molecule has 1 aliphatic heterocycles. The predicted octanol–water partition coefficient (Wildman–Crippen LogP) is -0.226. The summed E-state index contributed by atoms with van der Waals surface area (Å²) in [4.78, 5) is 11.4. The van der Waals surface area contributed by atoms with Crippen molar-refractivity contribution in [2.24, 2.45) is 5.92 Å². The summed E-state index contributed by atoms with van der Waals surface area (Å²) in [6, 6.07) is 0. The van der Waals surface area contributed by atoms with E-state index in [1.165, 1.54) is 7.05 Å². The molecular weight excluding hydrogens is 266 g/mol. The molecule has 0 spiro atoms. The first-order chi connectivity index (χ1) is 8.95. The molecular formula is C12H25N3O3S. The largest absolute Gasteiger partial charge is 0.355 e. The average molecular weight is 291 g/mol. The molecule has 7 heteroatoms. The molecule has 1 fully saturated rings. The molecule has 0 aromatic carbocycles. The van der Waals surface area contributed by atoms with Gasteiger partial charge in [-0.15, -0.1) is 0 Å². The van der Waals surface area contributed by atoms with E-state index in [4.69, 9.17) is 0 Å². The van der Waals surface area contributed by atoms with E-state index in [1.807, 2.05) is 6.92 Å². The number of nitrogens with one attached hydrogen (secondary N) is 2. The van der Waals surface area contributed by atoms with Crippen LogP contribution in [0.1, 0.15) is 26.2 Å². The zero-order valence-corrected chi connectivity index (χ0v) is 12.6. The molecule has 2 N–H and O–H groups in total. The first-order valence-corrected chi connectivity index (χ1v) is 8.48. The van der Waals surface area contributed by atoms with Crippen molar-refractivity contribution in [3.8, 4) is 0 Å². The van der Waals surface area contributed by atoms with Gasteiger partial charge in [-0.25, -0.2) is 8.42 Å². The number of sulfonamides is 1. The van der Waals surface area contributed by atoms with E-state index in [-0.39, 0.29) is 18.2 Å². The minimum Gasteiger partial charge on any atom is -0.355 e.